The van der Waals surface area contributed by atoms with Gasteiger partial charge in [-0.1, -0.05) is 15.9 Å². The van der Waals surface area contributed by atoms with Gasteiger partial charge in [0.1, 0.15) is 17.7 Å². The zero-order valence-corrected chi connectivity index (χ0v) is 11.7. The molecule has 0 aromatic heterocycles. The molecule has 0 aliphatic carbocycles. The van der Waals surface area contributed by atoms with E-state index in [2.05, 4.69) is 15.9 Å². The fourth-order valence-electron chi connectivity index (χ4n) is 2.06. The molecule has 0 fully saturated rings. The van der Waals surface area contributed by atoms with Crippen LogP contribution < -0.4 is 9.47 Å². The molecule has 1 heterocycles. The van der Waals surface area contributed by atoms with Gasteiger partial charge in [0.05, 0.1) is 0 Å². The van der Waals surface area contributed by atoms with Crippen LogP contribution in [0.15, 0.2) is 34.8 Å². The van der Waals surface area contributed by atoms with E-state index in [1.165, 1.54) is 0 Å². The number of rotatable bonds is 2. The third-order valence-electron chi connectivity index (χ3n) is 2.99. The van der Waals surface area contributed by atoms with Crippen molar-refractivity contribution < 1.29 is 23.4 Å². The zero-order chi connectivity index (χ0) is 14.3. The second-order valence-corrected chi connectivity index (χ2v) is 5.19. The predicted molar refractivity (Wildman–Crippen MR) is 70.7 cm³/mol. The van der Waals surface area contributed by atoms with Crippen LogP contribution in [-0.4, -0.2) is 11.9 Å². The van der Waals surface area contributed by atoms with Gasteiger partial charge in [-0.2, -0.15) is 0 Å². The summed E-state index contributed by atoms with van der Waals surface area (Å²) in [7, 11) is 0. The standard InChI is InChI=1S/C14H9BrF2O3/c15-11-5-13-12(19-6-20-13)4-10(11)14(18)7-1-8(16)3-9(17)2-7/h1-5,14,18H,6H2. The van der Waals surface area contributed by atoms with E-state index in [1.54, 1.807) is 12.1 Å². The zero-order valence-electron chi connectivity index (χ0n) is 10.1. The van der Waals surface area contributed by atoms with Gasteiger partial charge in [-0.05, 0) is 29.8 Å². The fraction of sp³-hybridized carbons (Fsp3) is 0.143. The first kappa shape index (κ1) is 13.3. The monoisotopic (exact) mass is 342 g/mol. The molecular weight excluding hydrogens is 334 g/mol. The Kier molecular flexibility index (Phi) is 3.35. The number of halogens is 3. The molecule has 0 amide bonds. The summed E-state index contributed by atoms with van der Waals surface area (Å²) in [6.45, 7) is 0.107. The van der Waals surface area contributed by atoms with E-state index < -0.39 is 17.7 Å². The maximum atomic E-state index is 13.2. The second kappa shape index (κ2) is 5.03. The third-order valence-corrected chi connectivity index (χ3v) is 3.67. The van der Waals surface area contributed by atoms with Crippen LogP contribution >= 0.6 is 15.9 Å². The Bertz CT molecular complexity index is 655. The van der Waals surface area contributed by atoms with Gasteiger partial charge in [-0.15, -0.1) is 0 Å². The maximum absolute atomic E-state index is 13.2. The van der Waals surface area contributed by atoms with Gasteiger partial charge < -0.3 is 14.6 Å². The first-order valence-corrected chi connectivity index (χ1v) is 6.57. The summed E-state index contributed by atoms with van der Waals surface area (Å²) < 4.78 is 37.4. The van der Waals surface area contributed by atoms with Crippen molar-refractivity contribution >= 4 is 15.9 Å². The molecule has 1 atom stereocenters. The highest BCUT2D eigenvalue weighted by atomic mass is 79.9. The van der Waals surface area contributed by atoms with Crippen molar-refractivity contribution in [3.63, 3.8) is 0 Å². The van der Waals surface area contributed by atoms with Crippen LogP contribution in [0.1, 0.15) is 17.2 Å². The van der Waals surface area contributed by atoms with E-state index in [4.69, 9.17) is 9.47 Å². The number of hydrogen-bond donors (Lipinski definition) is 1. The highest BCUT2D eigenvalue weighted by Gasteiger charge is 2.21. The predicted octanol–water partition coefficient (Wildman–Crippen LogP) is 3.54. The molecule has 1 unspecified atom stereocenters. The van der Waals surface area contributed by atoms with Crippen LogP contribution in [0.25, 0.3) is 0 Å². The van der Waals surface area contributed by atoms with Crippen LogP contribution in [0.5, 0.6) is 11.5 Å². The van der Waals surface area contributed by atoms with E-state index in [-0.39, 0.29) is 12.4 Å². The van der Waals surface area contributed by atoms with Crippen LogP contribution in [-0.2, 0) is 0 Å². The first-order valence-electron chi connectivity index (χ1n) is 5.77. The summed E-state index contributed by atoms with van der Waals surface area (Å²) in [6, 6.07) is 6.16. The molecule has 2 aromatic rings. The lowest BCUT2D eigenvalue weighted by Gasteiger charge is -2.14. The number of benzene rings is 2. The smallest absolute Gasteiger partial charge is 0.231 e. The molecule has 3 nitrogen and oxygen atoms in total. The van der Waals surface area contributed by atoms with E-state index in [0.717, 1.165) is 18.2 Å². The first-order chi connectivity index (χ1) is 9.54. The summed E-state index contributed by atoms with van der Waals surface area (Å²) in [4.78, 5) is 0. The molecule has 2 aromatic carbocycles. The molecule has 0 saturated carbocycles. The van der Waals surface area contributed by atoms with Gasteiger partial charge in [-0.3, -0.25) is 0 Å². The van der Waals surface area contributed by atoms with Gasteiger partial charge in [0.15, 0.2) is 11.5 Å². The molecule has 0 spiro atoms. The Balaban J connectivity index is 2.04. The highest BCUT2D eigenvalue weighted by molar-refractivity contribution is 9.10. The van der Waals surface area contributed by atoms with Crippen LogP contribution in [0, 0.1) is 11.6 Å². The molecule has 0 radical (unpaired) electrons. The number of aliphatic hydroxyl groups excluding tert-OH is 1. The van der Waals surface area contributed by atoms with E-state index in [1.807, 2.05) is 0 Å². The average molecular weight is 343 g/mol. The van der Waals surface area contributed by atoms with Crippen molar-refractivity contribution in [3.05, 3.63) is 57.6 Å². The minimum Gasteiger partial charge on any atom is -0.454 e. The molecule has 1 N–H and O–H groups in total. The molecule has 20 heavy (non-hydrogen) atoms. The molecule has 104 valence electrons. The SMILES string of the molecule is OC(c1cc(F)cc(F)c1)c1cc2c(cc1Br)OCO2. The molecule has 1 aliphatic rings. The Morgan fingerprint density at radius 3 is 2.25 bits per heavy atom. The van der Waals surface area contributed by atoms with Crippen LogP contribution in [0.4, 0.5) is 8.78 Å². The number of ether oxygens (including phenoxy) is 2. The Labute approximate surface area is 121 Å². The van der Waals surface area contributed by atoms with E-state index in [9.17, 15) is 13.9 Å². The summed E-state index contributed by atoms with van der Waals surface area (Å²) in [5.74, 6) is -0.441. The largest absolute Gasteiger partial charge is 0.454 e. The lowest BCUT2D eigenvalue weighted by atomic mass is 10.0. The van der Waals surface area contributed by atoms with Gasteiger partial charge in [0, 0.05) is 16.1 Å². The lowest BCUT2D eigenvalue weighted by molar-refractivity contribution is 0.173. The molecule has 6 heteroatoms. The van der Waals surface area contributed by atoms with Gasteiger partial charge in [0.25, 0.3) is 0 Å². The fourth-order valence-corrected chi connectivity index (χ4v) is 2.59. The summed E-state index contributed by atoms with van der Waals surface area (Å²) in [5, 5.41) is 10.3. The normalized spacial score (nSPS) is 14.4. The van der Waals surface area contributed by atoms with Crippen LogP contribution in [0.2, 0.25) is 0 Å². The van der Waals surface area contributed by atoms with Gasteiger partial charge in [0.2, 0.25) is 6.79 Å². The summed E-state index contributed by atoms with van der Waals surface area (Å²) >= 11 is 3.30. The molecule has 1 aliphatic heterocycles. The quantitative estimate of drug-likeness (QED) is 0.907. The lowest BCUT2D eigenvalue weighted by Crippen LogP contribution is -2.02. The van der Waals surface area contributed by atoms with E-state index >= 15 is 0 Å². The van der Waals surface area contributed by atoms with Gasteiger partial charge in [-0.25, -0.2) is 8.78 Å². The Morgan fingerprint density at radius 2 is 1.60 bits per heavy atom. The molecular formula is C14H9BrF2O3. The third kappa shape index (κ3) is 2.36. The van der Waals surface area contributed by atoms with Gasteiger partial charge >= 0.3 is 0 Å². The van der Waals surface area contributed by atoms with Crippen molar-refractivity contribution in [2.75, 3.05) is 6.79 Å². The molecule has 0 bridgehead atoms. The van der Waals surface area contributed by atoms with Crippen molar-refractivity contribution in [1.29, 1.82) is 0 Å². The summed E-state index contributed by atoms with van der Waals surface area (Å²) in [6.07, 6.45) is -1.18. The highest BCUT2D eigenvalue weighted by Crippen LogP contribution is 2.40. The Hall–Kier alpha value is -1.66. The summed E-state index contributed by atoms with van der Waals surface area (Å²) in [5.41, 5.74) is 0.571. The van der Waals surface area contributed by atoms with Crippen molar-refractivity contribution in [3.8, 4) is 11.5 Å². The van der Waals surface area contributed by atoms with Crippen molar-refractivity contribution in [1.82, 2.24) is 0 Å². The van der Waals surface area contributed by atoms with Crippen molar-refractivity contribution in [2.45, 2.75) is 6.10 Å². The maximum Gasteiger partial charge on any atom is 0.231 e. The Morgan fingerprint density at radius 1 is 1.00 bits per heavy atom. The van der Waals surface area contributed by atoms with E-state index in [0.29, 0.717) is 21.5 Å². The van der Waals surface area contributed by atoms with Crippen LogP contribution in [0.3, 0.4) is 0 Å². The average Bonchev–Trinajstić information content (AvgIpc) is 2.82. The topological polar surface area (TPSA) is 38.7 Å². The molecule has 0 saturated heterocycles. The number of aliphatic hydroxyl groups is 1. The minimum atomic E-state index is -1.18. The second-order valence-electron chi connectivity index (χ2n) is 4.33. The minimum absolute atomic E-state index is 0.107. The molecule has 3 rings (SSSR count). The number of fused-ring (bicyclic) bond motifs is 1. The number of hydrogen-bond acceptors (Lipinski definition) is 3. The van der Waals surface area contributed by atoms with Crippen molar-refractivity contribution in [2.24, 2.45) is 0 Å².